The van der Waals surface area contributed by atoms with Crippen molar-refractivity contribution in [3.63, 3.8) is 0 Å². The second kappa shape index (κ2) is 3.47. The van der Waals surface area contributed by atoms with Crippen LogP contribution in [0.3, 0.4) is 0 Å². The zero-order valence-corrected chi connectivity index (χ0v) is 10.4. The summed E-state index contributed by atoms with van der Waals surface area (Å²) >= 11 is 6.72. The number of hydrogen-bond acceptors (Lipinski definition) is 2. The minimum absolute atomic E-state index is 0.0352. The van der Waals surface area contributed by atoms with Gasteiger partial charge in [0.1, 0.15) is 5.69 Å². The van der Waals surface area contributed by atoms with Gasteiger partial charge in [-0.25, -0.2) is 0 Å². The lowest BCUT2D eigenvalue weighted by Crippen LogP contribution is -2.09. The first-order valence-electron chi connectivity index (χ1n) is 3.93. The van der Waals surface area contributed by atoms with Crippen molar-refractivity contribution >= 4 is 42.8 Å². The fourth-order valence-corrected chi connectivity index (χ4v) is 1.90. The SMILES string of the molecule is Cc1n[nH]c2cc(Br)c(Br)cc2c1=O. The van der Waals surface area contributed by atoms with Gasteiger partial charge in [-0.05, 0) is 50.9 Å². The molecule has 0 amide bonds. The number of hydrogen-bond donors (Lipinski definition) is 1. The van der Waals surface area contributed by atoms with Gasteiger partial charge in [-0.1, -0.05) is 0 Å². The van der Waals surface area contributed by atoms with Crippen LogP contribution in [0.1, 0.15) is 5.69 Å². The summed E-state index contributed by atoms with van der Waals surface area (Å²) in [4.78, 5) is 11.7. The second-order valence-corrected chi connectivity index (χ2v) is 4.66. The van der Waals surface area contributed by atoms with E-state index in [0.29, 0.717) is 11.1 Å². The second-order valence-electron chi connectivity index (χ2n) is 2.95. The molecule has 0 radical (unpaired) electrons. The standard InChI is InChI=1S/C9H6Br2N2O/c1-4-9(14)5-2-6(10)7(11)3-8(5)13-12-4/h2-3H,1H3,(H,13,14). The summed E-state index contributed by atoms with van der Waals surface area (Å²) in [5, 5.41) is 7.38. The molecule has 0 unspecified atom stereocenters. The molecule has 1 aromatic carbocycles. The third-order valence-electron chi connectivity index (χ3n) is 1.98. The van der Waals surface area contributed by atoms with Gasteiger partial charge in [0.05, 0.1) is 10.9 Å². The van der Waals surface area contributed by atoms with E-state index in [1.54, 1.807) is 13.0 Å². The highest BCUT2D eigenvalue weighted by molar-refractivity contribution is 9.13. The summed E-state index contributed by atoms with van der Waals surface area (Å²) in [6.07, 6.45) is 0. The molecule has 1 aromatic heterocycles. The van der Waals surface area contributed by atoms with E-state index in [1.165, 1.54) is 0 Å². The van der Waals surface area contributed by atoms with Crippen LogP contribution in [0.4, 0.5) is 0 Å². The minimum atomic E-state index is -0.0352. The Bertz CT molecular complexity index is 562. The Morgan fingerprint density at radius 3 is 2.64 bits per heavy atom. The molecule has 3 nitrogen and oxygen atoms in total. The van der Waals surface area contributed by atoms with Gasteiger partial charge in [-0.3, -0.25) is 9.89 Å². The highest BCUT2D eigenvalue weighted by Crippen LogP contribution is 2.25. The molecule has 0 aliphatic rings. The molecule has 2 aromatic rings. The van der Waals surface area contributed by atoms with Gasteiger partial charge in [-0.15, -0.1) is 0 Å². The van der Waals surface area contributed by atoms with E-state index in [1.807, 2.05) is 6.07 Å². The Kier molecular flexibility index (Phi) is 2.45. The molecule has 1 N–H and O–H groups in total. The van der Waals surface area contributed by atoms with E-state index in [0.717, 1.165) is 14.5 Å². The van der Waals surface area contributed by atoms with Crippen molar-refractivity contribution in [2.24, 2.45) is 0 Å². The molecule has 0 saturated carbocycles. The maximum Gasteiger partial charge on any atom is 0.210 e. The zero-order chi connectivity index (χ0) is 10.3. The summed E-state index contributed by atoms with van der Waals surface area (Å²) in [6.45, 7) is 1.69. The summed E-state index contributed by atoms with van der Waals surface area (Å²) in [6, 6.07) is 3.61. The topological polar surface area (TPSA) is 45.8 Å². The number of benzene rings is 1. The van der Waals surface area contributed by atoms with Crippen molar-refractivity contribution in [1.29, 1.82) is 0 Å². The normalized spacial score (nSPS) is 10.8. The molecule has 0 aliphatic carbocycles. The molecular formula is C9H6Br2N2O. The molecule has 0 atom stereocenters. The van der Waals surface area contributed by atoms with E-state index < -0.39 is 0 Å². The van der Waals surface area contributed by atoms with Crippen LogP contribution < -0.4 is 5.43 Å². The molecule has 0 bridgehead atoms. The van der Waals surface area contributed by atoms with Crippen molar-refractivity contribution in [2.45, 2.75) is 6.92 Å². The zero-order valence-electron chi connectivity index (χ0n) is 7.27. The number of nitrogens with one attached hydrogen (secondary N) is 1. The molecule has 14 heavy (non-hydrogen) atoms. The van der Waals surface area contributed by atoms with Gasteiger partial charge >= 0.3 is 0 Å². The van der Waals surface area contributed by atoms with Crippen molar-refractivity contribution in [3.8, 4) is 0 Å². The van der Waals surface area contributed by atoms with E-state index in [9.17, 15) is 4.79 Å². The van der Waals surface area contributed by atoms with Crippen LogP contribution in [0.15, 0.2) is 25.9 Å². The fourth-order valence-electron chi connectivity index (χ4n) is 1.22. The van der Waals surface area contributed by atoms with Crippen molar-refractivity contribution in [1.82, 2.24) is 10.2 Å². The van der Waals surface area contributed by atoms with Gasteiger partial charge in [0.25, 0.3) is 0 Å². The highest BCUT2D eigenvalue weighted by Gasteiger charge is 2.05. The average Bonchev–Trinajstić information content (AvgIpc) is 2.15. The van der Waals surface area contributed by atoms with Gasteiger partial charge < -0.3 is 0 Å². The Morgan fingerprint density at radius 1 is 1.29 bits per heavy atom. The third kappa shape index (κ3) is 1.50. The number of halogens is 2. The highest BCUT2D eigenvalue weighted by atomic mass is 79.9. The maximum atomic E-state index is 11.7. The number of fused-ring (bicyclic) bond motifs is 1. The number of rotatable bonds is 0. The quantitative estimate of drug-likeness (QED) is 0.812. The van der Waals surface area contributed by atoms with Crippen molar-refractivity contribution in [2.75, 3.05) is 0 Å². The summed E-state index contributed by atoms with van der Waals surface area (Å²) in [7, 11) is 0. The van der Waals surface area contributed by atoms with Crippen LogP contribution in [0.2, 0.25) is 0 Å². The van der Waals surface area contributed by atoms with Crippen molar-refractivity contribution in [3.05, 3.63) is 37.0 Å². The molecular weight excluding hydrogens is 312 g/mol. The lowest BCUT2D eigenvalue weighted by Gasteiger charge is -2.01. The molecule has 0 aliphatic heterocycles. The maximum absolute atomic E-state index is 11.7. The van der Waals surface area contributed by atoms with Crippen LogP contribution >= 0.6 is 31.9 Å². The fraction of sp³-hybridized carbons (Fsp3) is 0.111. The number of aromatic amines is 1. The molecule has 72 valence electrons. The van der Waals surface area contributed by atoms with Crippen LogP contribution in [0.25, 0.3) is 10.9 Å². The number of nitrogens with zero attached hydrogens (tertiary/aromatic N) is 1. The lowest BCUT2D eigenvalue weighted by atomic mass is 10.2. The Balaban J connectivity index is 2.97. The van der Waals surface area contributed by atoms with Crippen LogP contribution in [-0.4, -0.2) is 10.2 Å². The molecule has 5 heteroatoms. The lowest BCUT2D eigenvalue weighted by molar-refractivity contribution is 1.00. The summed E-state index contributed by atoms with van der Waals surface area (Å²) in [5.74, 6) is 0. The minimum Gasteiger partial charge on any atom is -0.287 e. The van der Waals surface area contributed by atoms with Gasteiger partial charge in [-0.2, -0.15) is 5.10 Å². The Labute approximate surface area is 96.8 Å². The monoisotopic (exact) mass is 316 g/mol. The predicted octanol–water partition coefficient (Wildman–Crippen LogP) is 2.76. The smallest absolute Gasteiger partial charge is 0.210 e. The summed E-state index contributed by atoms with van der Waals surface area (Å²) < 4.78 is 1.76. The third-order valence-corrected chi connectivity index (χ3v) is 3.82. The number of aromatic nitrogens is 2. The Morgan fingerprint density at radius 2 is 1.93 bits per heavy atom. The van der Waals surface area contributed by atoms with Crippen molar-refractivity contribution < 1.29 is 0 Å². The first-order chi connectivity index (χ1) is 6.59. The predicted molar refractivity (Wildman–Crippen MR) is 62.5 cm³/mol. The van der Waals surface area contributed by atoms with Gasteiger partial charge in [0.15, 0.2) is 0 Å². The number of aryl methyl sites for hydroxylation is 1. The molecule has 0 saturated heterocycles. The van der Waals surface area contributed by atoms with Crippen LogP contribution in [0.5, 0.6) is 0 Å². The molecule has 1 heterocycles. The Hall–Kier alpha value is -0.680. The first kappa shape index (κ1) is 9.86. The molecule has 0 fully saturated rings. The molecule has 2 rings (SSSR count). The van der Waals surface area contributed by atoms with Crippen LogP contribution in [-0.2, 0) is 0 Å². The van der Waals surface area contributed by atoms with Crippen LogP contribution in [0, 0.1) is 6.92 Å². The van der Waals surface area contributed by atoms with Gasteiger partial charge in [0.2, 0.25) is 5.43 Å². The van der Waals surface area contributed by atoms with E-state index >= 15 is 0 Å². The van der Waals surface area contributed by atoms with E-state index in [2.05, 4.69) is 42.1 Å². The average molecular weight is 318 g/mol. The number of H-pyrrole nitrogens is 1. The van der Waals surface area contributed by atoms with Gasteiger partial charge in [0, 0.05) is 8.95 Å². The summed E-state index contributed by atoms with van der Waals surface area (Å²) in [5.41, 5.74) is 1.18. The molecule has 0 spiro atoms. The largest absolute Gasteiger partial charge is 0.287 e. The van der Waals surface area contributed by atoms with E-state index in [4.69, 9.17) is 0 Å². The van der Waals surface area contributed by atoms with E-state index in [-0.39, 0.29) is 5.43 Å². The first-order valence-corrected chi connectivity index (χ1v) is 5.52.